The highest BCUT2D eigenvalue weighted by atomic mass is 16.3. The average molecular weight is 170 g/mol. The molecule has 4 nitrogen and oxygen atoms in total. The minimum atomic E-state index is -0.111. The van der Waals surface area contributed by atoms with Gasteiger partial charge in [0.2, 0.25) is 0 Å². The third kappa shape index (κ3) is 2.84. The molecule has 0 spiro atoms. The van der Waals surface area contributed by atoms with E-state index in [0.29, 0.717) is 11.4 Å². The molecule has 4 heteroatoms. The molecule has 0 radical (unpaired) electrons. The Bertz CT molecular complexity index is 243. The Morgan fingerprint density at radius 1 is 1.67 bits per heavy atom. The van der Waals surface area contributed by atoms with Crippen molar-refractivity contribution >= 4 is 5.78 Å². The van der Waals surface area contributed by atoms with E-state index in [9.17, 15) is 4.79 Å². The van der Waals surface area contributed by atoms with Crippen molar-refractivity contribution in [3.63, 3.8) is 0 Å². The fourth-order valence-corrected chi connectivity index (χ4v) is 0.623. The van der Waals surface area contributed by atoms with Gasteiger partial charge in [-0.3, -0.25) is 9.89 Å². The molecule has 1 rings (SSSR count). The molecule has 0 saturated heterocycles. The number of nitrogens with zero attached hydrogens (tertiary/aromatic N) is 1. The van der Waals surface area contributed by atoms with Gasteiger partial charge in [0, 0.05) is 6.92 Å². The van der Waals surface area contributed by atoms with Crippen LogP contribution < -0.4 is 0 Å². The van der Waals surface area contributed by atoms with Crippen LogP contribution in [0, 0.1) is 0 Å². The number of ketones is 1. The first-order valence-corrected chi connectivity index (χ1v) is 3.90. The predicted molar refractivity (Wildman–Crippen MR) is 45.9 cm³/mol. The molecule has 1 heterocycles. The Morgan fingerprint density at radius 3 is 2.50 bits per heavy atom. The number of aromatic amines is 1. The van der Waals surface area contributed by atoms with Gasteiger partial charge in [-0.2, -0.15) is 5.10 Å². The van der Waals surface area contributed by atoms with E-state index in [1.807, 2.05) is 13.8 Å². The number of nitrogens with one attached hydrogen (secondary N) is 1. The maximum atomic E-state index is 10.6. The van der Waals surface area contributed by atoms with Crippen LogP contribution in [0.25, 0.3) is 0 Å². The van der Waals surface area contributed by atoms with Gasteiger partial charge in [-0.05, 0) is 6.07 Å². The number of H-pyrrole nitrogens is 1. The van der Waals surface area contributed by atoms with Gasteiger partial charge in [-0.1, -0.05) is 13.8 Å². The Labute approximate surface area is 71.6 Å². The molecule has 0 aliphatic heterocycles. The number of carbonyl (C=O) groups is 1. The Balaban J connectivity index is 0.000000561. The zero-order chi connectivity index (χ0) is 9.56. The molecular formula is C8H14N2O2. The summed E-state index contributed by atoms with van der Waals surface area (Å²) in [5.41, 5.74) is 0.925. The second kappa shape index (κ2) is 5.49. The lowest BCUT2D eigenvalue weighted by molar-refractivity contribution is 0.101. The first-order chi connectivity index (χ1) is 5.74. The normalized spacial score (nSPS) is 8.67. The highest BCUT2D eigenvalue weighted by Gasteiger charge is 2.02. The molecule has 1 aromatic rings. The lowest BCUT2D eigenvalue weighted by Crippen LogP contribution is -1.90. The van der Waals surface area contributed by atoms with Crippen LogP contribution in [0.4, 0.5) is 0 Å². The average Bonchev–Trinajstić information content (AvgIpc) is 2.55. The maximum absolute atomic E-state index is 10.6. The molecule has 1 aromatic heterocycles. The van der Waals surface area contributed by atoms with Crippen LogP contribution in [-0.2, 0) is 6.61 Å². The summed E-state index contributed by atoms with van der Waals surface area (Å²) in [6, 6.07) is 1.53. The molecule has 0 fully saturated rings. The van der Waals surface area contributed by atoms with Gasteiger partial charge < -0.3 is 5.11 Å². The lowest BCUT2D eigenvalue weighted by Gasteiger charge is -1.80. The Kier molecular flexibility index (Phi) is 4.96. The van der Waals surface area contributed by atoms with Crippen LogP contribution in [0.2, 0.25) is 0 Å². The SMILES string of the molecule is CC.CC(=O)c1cc(CO)[nH]n1. The number of Topliss-reactive ketones (excluding diaryl/α,β-unsaturated/α-hetero) is 1. The molecule has 0 unspecified atom stereocenters. The van der Waals surface area contributed by atoms with Crippen LogP contribution in [0.3, 0.4) is 0 Å². The van der Waals surface area contributed by atoms with E-state index in [1.165, 1.54) is 13.0 Å². The van der Waals surface area contributed by atoms with Crippen molar-refractivity contribution in [1.82, 2.24) is 10.2 Å². The fraction of sp³-hybridized carbons (Fsp3) is 0.500. The van der Waals surface area contributed by atoms with E-state index >= 15 is 0 Å². The highest BCUT2D eigenvalue weighted by molar-refractivity contribution is 5.92. The van der Waals surface area contributed by atoms with E-state index < -0.39 is 0 Å². The molecule has 2 N–H and O–H groups in total. The standard InChI is InChI=1S/C6H8N2O2.C2H6/c1-4(10)6-2-5(3-9)7-8-6;1-2/h2,9H,3H2,1H3,(H,7,8);1-2H3. The summed E-state index contributed by atoms with van der Waals surface area (Å²) in [4.78, 5) is 10.6. The first-order valence-electron chi connectivity index (χ1n) is 3.90. The number of carbonyl (C=O) groups excluding carboxylic acids is 1. The number of hydrogen-bond acceptors (Lipinski definition) is 3. The van der Waals surface area contributed by atoms with Gasteiger partial charge in [0.15, 0.2) is 5.78 Å². The predicted octanol–water partition coefficient (Wildman–Crippen LogP) is 1.13. The van der Waals surface area contributed by atoms with Crippen LogP contribution in [-0.4, -0.2) is 21.1 Å². The van der Waals surface area contributed by atoms with Crippen molar-refractivity contribution in [2.24, 2.45) is 0 Å². The summed E-state index contributed by atoms with van der Waals surface area (Å²) in [7, 11) is 0. The summed E-state index contributed by atoms with van der Waals surface area (Å²) in [6.07, 6.45) is 0. The quantitative estimate of drug-likeness (QED) is 0.654. The lowest BCUT2D eigenvalue weighted by atomic mass is 10.3. The Morgan fingerprint density at radius 2 is 2.25 bits per heavy atom. The van der Waals surface area contributed by atoms with Gasteiger partial charge in [0.25, 0.3) is 0 Å². The second-order valence-electron chi connectivity index (χ2n) is 1.99. The maximum Gasteiger partial charge on any atom is 0.179 e. The first kappa shape index (κ1) is 10.8. The van der Waals surface area contributed by atoms with Gasteiger partial charge in [0.05, 0.1) is 12.3 Å². The number of rotatable bonds is 2. The molecule has 0 atom stereocenters. The zero-order valence-corrected chi connectivity index (χ0v) is 7.59. The highest BCUT2D eigenvalue weighted by Crippen LogP contribution is 1.98. The number of aromatic nitrogens is 2. The molecule has 0 saturated carbocycles. The fourth-order valence-electron chi connectivity index (χ4n) is 0.623. The van der Waals surface area contributed by atoms with Crippen LogP contribution in [0.5, 0.6) is 0 Å². The van der Waals surface area contributed by atoms with Gasteiger partial charge >= 0.3 is 0 Å². The summed E-state index contributed by atoms with van der Waals surface area (Å²) in [5.74, 6) is -0.101. The minimum Gasteiger partial charge on any atom is -0.390 e. The topological polar surface area (TPSA) is 66.0 Å². The van der Waals surface area contributed by atoms with Crippen molar-refractivity contribution in [2.45, 2.75) is 27.4 Å². The molecule has 12 heavy (non-hydrogen) atoms. The van der Waals surface area contributed by atoms with Crippen LogP contribution >= 0.6 is 0 Å². The van der Waals surface area contributed by atoms with E-state index in [0.717, 1.165) is 0 Å². The number of aliphatic hydroxyl groups is 1. The van der Waals surface area contributed by atoms with Gasteiger partial charge in [-0.25, -0.2) is 0 Å². The smallest absolute Gasteiger partial charge is 0.179 e. The minimum absolute atomic E-state index is 0.101. The molecule has 68 valence electrons. The monoisotopic (exact) mass is 170 g/mol. The van der Waals surface area contributed by atoms with Gasteiger partial charge in [-0.15, -0.1) is 0 Å². The number of hydrogen-bond donors (Lipinski definition) is 2. The van der Waals surface area contributed by atoms with Crippen LogP contribution in [0.1, 0.15) is 37.0 Å². The van der Waals surface area contributed by atoms with Gasteiger partial charge in [0.1, 0.15) is 5.69 Å². The summed E-state index contributed by atoms with van der Waals surface area (Å²) in [6.45, 7) is 5.32. The van der Waals surface area contributed by atoms with Crippen LogP contribution in [0.15, 0.2) is 6.07 Å². The van der Waals surface area contributed by atoms with Crippen molar-refractivity contribution in [3.05, 3.63) is 17.5 Å². The van der Waals surface area contributed by atoms with Crippen molar-refractivity contribution in [3.8, 4) is 0 Å². The number of aliphatic hydroxyl groups excluding tert-OH is 1. The van der Waals surface area contributed by atoms with Crippen molar-refractivity contribution in [1.29, 1.82) is 0 Å². The third-order valence-electron chi connectivity index (χ3n) is 1.16. The second-order valence-corrected chi connectivity index (χ2v) is 1.99. The van der Waals surface area contributed by atoms with Crippen molar-refractivity contribution < 1.29 is 9.90 Å². The molecule has 0 amide bonds. The van der Waals surface area contributed by atoms with E-state index in [-0.39, 0.29) is 12.4 Å². The third-order valence-corrected chi connectivity index (χ3v) is 1.16. The summed E-state index contributed by atoms with van der Waals surface area (Å²) in [5, 5.41) is 14.7. The molecule has 0 aromatic carbocycles. The summed E-state index contributed by atoms with van der Waals surface area (Å²) < 4.78 is 0. The van der Waals surface area contributed by atoms with E-state index in [2.05, 4.69) is 10.2 Å². The zero-order valence-electron chi connectivity index (χ0n) is 7.59. The van der Waals surface area contributed by atoms with E-state index in [1.54, 1.807) is 0 Å². The largest absolute Gasteiger partial charge is 0.390 e. The molecule has 0 bridgehead atoms. The molecular weight excluding hydrogens is 156 g/mol. The molecule has 0 aliphatic carbocycles. The van der Waals surface area contributed by atoms with E-state index in [4.69, 9.17) is 5.11 Å². The summed E-state index contributed by atoms with van der Waals surface area (Å²) >= 11 is 0. The van der Waals surface area contributed by atoms with Crippen molar-refractivity contribution in [2.75, 3.05) is 0 Å². The molecule has 0 aliphatic rings. The Hall–Kier alpha value is -1.16.